The molecular weight excluding hydrogens is 462 g/mol. The molecule has 2 nitrogen and oxygen atoms in total. The van der Waals surface area contributed by atoms with Crippen molar-refractivity contribution in [2.75, 3.05) is 13.2 Å². The first-order chi connectivity index (χ1) is 17.1. The van der Waals surface area contributed by atoms with Crippen LogP contribution in [-0.4, -0.2) is 19.2 Å². The summed E-state index contributed by atoms with van der Waals surface area (Å²) in [4.78, 5) is 0. The van der Waals surface area contributed by atoms with Gasteiger partial charge in [-0.3, -0.25) is 0 Å². The second-order valence-corrected chi connectivity index (χ2v) is 12.4. The van der Waals surface area contributed by atoms with E-state index in [-0.39, 0.29) is 10.8 Å². The molecule has 3 aromatic rings. The Morgan fingerprint density at radius 2 is 1.50 bits per heavy atom. The highest BCUT2D eigenvalue weighted by atomic mass is 35.5. The zero-order chi connectivity index (χ0) is 25.9. The maximum atomic E-state index is 6.40. The third-order valence-electron chi connectivity index (χ3n) is 7.68. The minimum Gasteiger partial charge on any atom is -0.493 e. The topological polar surface area (TPSA) is 21.3 Å². The summed E-state index contributed by atoms with van der Waals surface area (Å²) in [5, 5.41) is 4.24. The normalized spacial score (nSPS) is 16.1. The number of ether oxygens (including phenoxy) is 1. The molecule has 0 fully saturated rings. The minimum absolute atomic E-state index is 0.163. The Hall–Kier alpha value is -2.29. The van der Waals surface area contributed by atoms with Crippen LogP contribution in [0.4, 0.5) is 0 Å². The molecule has 3 heteroatoms. The van der Waals surface area contributed by atoms with Crippen molar-refractivity contribution in [3.63, 3.8) is 0 Å². The Morgan fingerprint density at radius 3 is 2.22 bits per heavy atom. The van der Waals surface area contributed by atoms with E-state index < -0.39 is 0 Å². The molecule has 1 aliphatic carbocycles. The summed E-state index contributed by atoms with van der Waals surface area (Å²) in [5.74, 6) is 0.949. The van der Waals surface area contributed by atoms with Gasteiger partial charge in [0.25, 0.3) is 0 Å². The van der Waals surface area contributed by atoms with Gasteiger partial charge >= 0.3 is 0 Å². The van der Waals surface area contributed by atoms with Gasteiger partial charge in [-0.05, 0) is 95.1 Å². The van der Waals surface area contributed by atoms with Crippen LogP contribution in [0.1, 0.15) is 78.4 Å². The predicted molar refractivity (Wildman–Crippen MR) is 155 cm³/mol. The third-order valence-corrected chi connectivity index (χ3v) is 7.92. The van der Waals surface area contributed by atoms with Gasteiger partial charge in [0.1, 0.15) is 5.75 Å². The standard InChI is InChI=1S/C33H42ClNO/c1-23(2)35-18-7-8-19-36-31-15-13-25(24-10-9-11-27(34)20-24)21-28(31)26-12-14-29-30(22-26)33(5,6)17-16-32(29,3)4/h9-15,20-23,35H,7-8,16-19H2,1-6H3. The highest BCUT2D eigenvalue weighted by Crippen LogP contribution is 2.47. The van der Waals surface area contributed by atoms with E-state index in [1.165, 1.54) is 29.5 Å². The van der Waals surface area contributed by atoms with E-state index in [9.17, 15) is 0 Å². The first-order valence-electron chi connectivity index (χ1n) is 13.5. The molecule has 1 aliphatic rings. The summed E-state index contributed by atoms with van der Waals surface area (Å²) in [5.41, 5.74) is 7.96. The summed E-state index contributed by atoms with van der Waals surface area (Å²) < 4.78 is 6.40. The van der Waals surface area contributed by atoms with Gasteiger partial charge in [-0.2, -0.15) is 0 Å². The molecule has 3 aromatic carbocycles. The van der Waals surface area contributed by atoms with Crippen molar-refractivity contribution in [3.8, 4) is 28.0 Å². The van der Waals surface area contributed by atoms with Gasteiger partial charge in [-0.25, -0.2) is 0 Å². The van der Waals surface area contributed by atoms with Gasteiger partial charge in [-0.1, -0.05) is 89.5 Å². The summed E-state index contributed by atoms with van der Waals surface area (Å²) in [7, 11) is 0. The van der Waals surface area contributed by atoms with Crippen molar-refractivity contribution < 1.29 is 4.74 Å². The molecule has 0 saturated carbocycles. The Labute approximate surface area is 223 Å². The van der Waals surface area contributed by atoms with E-state index in [0.29, 0.717) is 12.6 Å². The fourth-order valence-corrected chi connectivity index (χ4v) is 5.48. The lowest BCUT2D eigenvalue weighted by molar-refractivity contribution is 0.306. The molecule has 0 saturated heterocycles. The lowest BCUT2D eigenvalue weighted by Gasteiger charge is -2.42. The van der Waals surface area contributed by atoms with Crippen molar-refractivity contribution in [3.05, 3.63) is 76.8 Å². The van der Waals surface area contributed by atoms with Gasteiger partial charge in [0, 0.05) is 16.6 Å². The lowest BCUT2D eigenvalue weighted by Crippen LogP contribution is -2.33. The second-order valence-electron chi connectivity index (χ2n) is 11.9. The first-order valence-corrected chi connectivity index (χ1v) is 13.9. The smallest absolute Gasteiger partial charge is 0.127 e. The van der Waals surface area contributed by atoms with E-state index in [1.807, 2.05) is 18.2 Å². The molecule has 0 radical (unpaired) electrons. The van der Waals surface area contributed by atoms with Crippen molar-refractivity contribution in [1.82, 2.24) is 5.32 Å². The molecular formula is C33H42ClNO. The van der Waals surface area contributed by atoms with E-state index in [1.54, 1.807) is 0 Å². The van der Waals surface area contributed by atoms with E-state index in [4.69, 9.17) is 16.3 Å². The fourth-order valence-electron chi connectivity index (χ4n) is 5.29. The number of benzene rings is 3. The molecule has 1 N–H and O–H groups in total. The molecule has 0 amide bonds. The molecule has 0 aromatic heterocycles. The summed E-state index contributed by atoms with van der Waals surface area (Å²) in [6, 6.07) is 22.2. The zero-order valence-electron chi connectivity index (χ0n) is 22.9. The Morgan fingerprint density at radius 1 is 0.806 bits per heavy atom. The average molecular weight is 504 g/mol. The summed E-state index contributed by atoms with van der Waals surface area (Å²) in [6.07, 6.45) is 4.56. The number of halogens is 1. The molecule has 0 unspecified atom stereocenters. The molecule has 192 valence electrons. The Bertz CT molecular complexity index is 1190. The van der Waals surface area contributed by atoms with Crippen LogP contribution in [0.3, 0.4) is 0 Å². The summed E-state index contributed by atoms with van der Waals surface area (Å²) >= 11 is 6.32. The Balaban J connectivity index is 1.69. The Kier molecular flexibility index (Phi) is 8.17. The number of unbranched alkanes of at least 4 members (excludes halogenated alkanes) is 1. The number of fused-ring (bicyclic) bond motifs is 1. The van der Waals surface area contributed by atoms with Crippen molar-refractivity contribution in [2.45, 2.75) is 84.1 Å². The van der Waals surface area contributed by atoms with Gasteiger partial charge in [0.2, 0.25) is 0 Å². The van der Waals surface area contributed by atoms with Crippen LogP contribution in [0.25, 0.3) is 22.3 Å². The molecule has 0 aliphatic heterocycles. The van der Waals surface area contributed by atoms with Crippen LogP contribution in [0, 0.1) is 0 Å². The van der Waals surface area contributed by atoms with Crippen LogP contribution >= 0.6 is 11.6 Å². The third kappa shape index (κ3) is 6.15. The zero-order valence-corrected chi connectivity index (χ0v) is 23.6. The quantitative estimate of drug-likeness (QED) is 0.294. The monoisotopic (exact) mass is 503 g/mol. The number of rotatable bonds is 9. The van der Waals surface area contributed by atoms with Gasteiger partial charge in [-0.15, -0.1) is 0 Å². The van der Waals surface area contributed by atoms with Crippen LogP contribution in [0.5, 0.6) is 5.75 Å². The predicted octanol–water partition coefficient (Wildman–Crippen LogP) is 9.18. The van der Waals surface area contributed by atoms with Crippen molar-refractivity contribution in [2.24, 2.45) is 0 Å². The lowest BCUT2D eigenvalue weighted by atomic mass is 9.63. The second kappa shape index (κ2) is 11.0. The first kappa shape index (κ1) is 26.8. The van der Waals surface area contributed by atoms with E-state index in [2.05, 4.69) is 89.3 Å². The van der Waals surface area contributed by atoms with E-state index >= 15 is 0 Å². The highest BCUT2D eigenvalue weighted by molar-refractivity contribution is 6.30. The maximum Gasteiger partial charge on any atom is 0.127 e. The molecule has 0 spiro atoms. The molecule has 4 rings (SSSR count). The van der Waals surface area contributed by atoms with Crippen LogP contribution in [-0.2, 0) is 10.8 Å². The molecule has 0 heterocycles. The van der Waals surface area contributed by atoms with Gasteiger partial charge in [0.15, 0.2) is 0 Å². The largest absolute Gasteiger partial charge is 0.493 e. The molecule has 0 atom stereocenters. The van der Waals surface area contributed by atoms with E-state index in [0.717, 1.165) is 46.8 Å². The SMILES string of the molecule is CC(C)NCCCCOc1ccc(-c2cccc(Cl)c2)cc1-c1ccc2c(c1)C(C)(C)CCC2(C)C. The summed E-state index contributed by atoms with van der Waals surface area (Å²) in [6.45, 7) is 15.6. The highest BCUT2D eigenvalue weighted by Gasteiger charge is 2.37. The van der Waals surface area contributed by atoms with Crippen LogP contribution in [0.15, 0.2) is 60.7 Å². The molecule has 0 bridgehead atoms. The number of nitrogens with one attached hydrogen (secondary N) is 1. The van der Waals surface area contributed by atoms with Crippen molar-refractivity contribution in [1.29, 1.82) is 0 Å². The van der Waals surface area contributed by atoms with Crippen molar-refractivity contribution >= 4 is 11.6 Å². The number of hydrogen-bond donors (Lipinski definition) is 1. The fraction of sp³-hybridized carbons (Fsp3) is 0.455. The van der Waals surface area contributed by atoms with Crippen LogP contribution in [0.2, 0.25) is 5.02 Å². The van der Waals surface area contributed by atoms with Gasteiger partial charge in [0.05, 0.1) is 6.61 Å². The number of hydrogen-bond acceptors (Lipinski definition) is 2. The van der Waals surface area contributed by atoms with Crippen LogP contribution < -0.4 is 10.1 Å². The maximum absolute atomic E-state index is 6.40. The minimum atomic E-state index is 0.163. The van der Waals surface area contributed by atoms with Gasteiger partial charge < -0.3 is 10.1 Å². The molecule has 36 heavy (non-hydrogen) atoms. The average Bonchev–Trinajstić information content (AvgIpc) is 2.84.